The van der Waals surface area contributed by atoms with Crippen LogP contribution in [-0.4, -0.2) is 28.1 Å². The molecule has 0 aliphatic carbocycles. The van der Waals surface area contributed by atoms with Gasteiger partial charge in [-0.05, 0) is 24.0 Å². The first-order chi connectivity index (χ1) is 10.6. The Morgan fingerprint density at radius 1 is 1.32 bits per heavy atom. The fourth-order valence-electron chi connectivity index (χ4n) is 2.32. The van der Waals surface area contributed by atoms with Crippen molar-refractivity contribution in [2.75, 3.05) is 18.1 Å². The summed E-state index contributed by atoms with van der Waals surface area (Å²) < 4.78 is 1.53. The molecule has 0 fully saturated rings. The minimum absolute atomic E-state index is 0.143. The number of hydrogen-bond donors (Lipinski definition) is 1. The Kier molecular flexibility index (Phi) is 4.22. The second-order valence-corrected chi connectivity index (χ2v) is 6.11. The van der Waals surface area contributed by atoms with Crippen molar-refractivity contribution in [3.63, 3.8) is 0 Å². The van der Waals surface area contributed by atoms with Gasteiger partial charge in [0.25, 0.3) is 5.56 Å². The van der Waals surface area contributed by atoms with Crippen molar-refractivity contribution in [2.24, 2.45) is 12.0 Å². The first-order valence-electron chi connectivity index (χ1n) is 6.82. The van der Waals surface area contributed by atoms with Gasteiger partial charge in [0.1, 0.15) is 0 Å². The zero-order valence-corrected chi connectivity index (χ0v) is 13.8. The second-order valence-electron chi connectivity index (χ2n) is 4.90. The maximum Gasteiger partial charge on any atom is 0.282 e. The van der Waals surface area contributed by atoms with E-state index in [0.717, 1.165) is 17.7 Å². The van der Waals surface area contributed by atoms with Gasteiger partial charge in [0, 0.05) is 25.0 Å². The fourth-order valence-corrected chi connectivity index (χ4v) is 2.98. The van der Waals surface area contributed by atoms with Gasteiger partial charge in [-0.3, -0.25) is 9.36 Å². The number of aliphatic imine (C=N–C) groups is 1. The molecule has 114 valence electrons. The van der Waals surface area contributed by atoms with Gasteiger partial charge in [-0.25, -0.2) is 9.98 Å². The lowest BCUT2D eigenvalue weighted by atomic mass is 10.1. The van der Waals surface area contributed by atoms with E-state index in [-0.39, 0.29) is 5.56 Å². The Bertz CT molecular complexity index is 798. The van der Waals surface area contributed by atoms with Crippen LogP contribution < -0.4 is 10.9 Å². The van der Waals surface area contributed by atoms with E-state index in [4.69, 9.17) is 11.6 Å². The largest absolute Gasteiger partial charge is 0.368 e. The molecular weight excluding hydrogens is 320 g/mol. The van der Waals surface area contributed by atoms with Gasteiger partial charge >= 0.3 is 0 Å². The number of nitrogens with zero attached hydrogens (tertiary/aromatic N) is 3. The van der Waals surface area contributed by atoms with Crippen molar-refractivity contribution < 1.29 is 0 Å². The van der Waals surface area contributed by atoms with E-state index in [1.807, 2.05) is 30.5 Å². The second kappa shape index (κ2) is 6.14. The molecule has 0 saturated carbocycles. The highest BCUT2D eigenvalue weighted by molar-refractivity contribution is 7.98. The summed E-state index contributed by atoms with van der Waals surface area (Å²) in [4.78, 5) is 21.6. The molecule has 1 aromatic carbocycles. The third-order valence-electron chi connectivity index (χ3n) is 3.49. The van der Waals surface area contributed by atoms with Gasteiger partial charge in [-0.1, -0.05) is 35.5 Å². The van der Waals surface area contributed by atoms with Crippen LogP contribution in [0.5, 0.6) is 0 Å². The number of benzene rings is 1. The van der Waals surface area contributed by atoms with Gasteiger partial charge in [-0.15, -0.1) is 0 Å². The summed E-state index contributed by atoms with van der Waals surface area (Å²) in [6, 6.07) is 7.48. The van der Waals surface area contributed by atoms with Crippen molar-refractivity contribution in [1.82, 2.24) is 9.55 Å². The van der Waals surface area contributed by atoms with Crippen LogP contribution in [0.15, 0.2) is 39.2 Å². The fraction of sp³-hybridized carbons (Fsp3) is 0.267. The molecule has 0 amide bonds. The Labute approximate surface area is 137 Å². The molecule has 0 atom stereocenters. The van der Waals surface area contributed by atoms with E-state index >= 15 is 0 Å². The maximum absolute atomic E-state index is 12.5. The van der Waals surface area contributed by atoms with Crippen molar-refractivity contribution in [1.29, 1.82) is 0 Å². The molecule has 5 nitrogen and oxygen atoms in total. The third-order valence-corrected chi connectivity index (χ3v) is 4.47. The lowest BCUT2D eigenvalue weighted by Crippen LogP contribution is -2.21. The summed E-state index contributed by atoms with van der Waals surface area (Å²) in [6.45, 7) is 0.683. The van der Waals surface area contributed by atoms with Crippen LogP contribution in [0.25, 0.3) is 0 Å². The molecule has 2 heterocycles. The molecule has 0 bridgehead atoms. The Morgan fingerprint density at radius 2 is 2.05 bits per heavy atom. The molecule has 0 saturated heterocycles. The maximum atomic E-state index is 12.5. The summed E-state index contributed by atoms with van der Waals surface area (Å²) in [7, 11) is 1.71. The molecule has 2 aromatic rings. The molecule has 1 aliphatic rings. The van der Waals surface area contributed by atoms with Crippen LogP contribution in [0.1, 0.15) is 12.0 Å². The van der Waals surface area contributed by atoms with E-state index < -0.39 is 0 Å². The van der Waals surface area contributed by atoms with E-state index in [0.29, 0.717) is 28.2 Å². The molecule has 22 heavy (non-hydrogen) atoms. The summed E-state index contributed by atoms with van der Waals surface area (Å²) in [6.07, 6.45) is 2.61. The molecule has 3 rings (SSSR count). The normalized spacial score (nSPS) is 13.9. The average molecular weight is 335 g/mol. The number of aromatic nitrogens is 2. The van der Waals surface area contributed by atoms with Gasteiger partial charge in [-0.2, -0.15) is 0 Å². The smallest absolute Gasteiger partial charge is 0.282 e. The predicted molar refractivity (Wildman–Crippen MR) is 92.0 cm³/mol. The molecule has 0 unspecified atom stereocenters. The average Bonchev–Trinajstić information content (AvgIpc) is 2.74. The van der Waals surface area contributed by atoms with Crippen molar-refractivity contribution >= 4 is 40.6 Å². The lowest BCUT2D eigenvalue weighted by molar-refractivity contribution is 0.713. The monoisotopic (exact) mass is 334 g/mol. The van der Waals surface area contributed by atoms with Crippen LogP contribution in [0.3, 0.4) is 0 Å². The predicted octanol–water partition coefficient (Wildman–Crippen LogP) is 3.09. The molecule has 1 aromatic heterocycles. The van der Waals surface area contributed by atoms with Crippen LogP contribution >= 0.6 is 23.4 Å². The molecule has 1 aliphatic heterocycles. The van der Waals surface area contributed by atoms with Crippen molar-refractivity contribution in [2.45, 2.75) is 11.6 Å². The number of nitrogens with one attached hydrogen (secondary N) is 1. The van der Waals surface area contributed by atoms with Crippen molar-refractivity contribution in [3.8, 4) is 0 Å². The summed E-state index contributed by atoms with van der Waals surface area (Å²) >= 11 is 7.36. The highest BCUT2D eigenvalue weighted by Crippen LogP contribution is 2.25. The highest BCUT2D eigenvalue weighted by Gasteiger charge is 2.18. The quantitative estimate of drug-likeness (QED) is 0.677. The Balaban J connectivity index is 2.14. The Morgan fingerprint density at radius 3 is 2.73 bits per heavy atom. The van der Waals surface area contributed by atoms with Crippen LogP contribution in [0.4, 0.5) is 11.5 Å². The molecule has 1 N–H and O–H groups in total. The summed E-state index contributed by atoms with van der Waals surface area (Å²) in [5.74, 6) is 0.552. The van der Waals surface area contributed by atoms with E-state index in [2.05, 4.69) is 15.3 Å². The van der Waals surface area contributed by atoms with Gasteiger partial charge < -0.3 is 5.32 Å². The minimum Gasteiger partial charge on any atom is -0.368 e. The molecule has 0 spiro atoms. The number of rotatable bonds is 2. The van der Waals surface area contributed by atoms with Crippen LogP contribution in [0.2, 0.25) is 5.02 Å². The lowest BCUT2D eigenvalue weighted by Gasteiger charge is -2.09. The summed E-state index contributed by atoms with van der Waals surface area (Å²) in [5, 5.41) is 4.55. The standard InChI is InChI=1S/C15H15ClN4OS/c1-20-14(21)12-13(19-15(20)22-2)17-8-7-11(18-12)9-3-5-10(16)6-4-9/h3-6,17H,7-8H2,1-2H3. The SMILES string of the molecule is CSc1nc2c(c(=O)n1C)N=C(c1ccc(Cl)cc1)CCN2. The highest BCUT2D eigenvalue weighted by atomic mass is 35.5. The number of thioether (sulfide) groups is 1. The van der Waals surface area contributed by atoms with Crippen molar-refractivity contribution in [3.05, 3.63) is 45.2 Å². The molecule has 7 heteroatoms. The minimum atomic E-state index is -0.143. The zero-order chi connectivity index (χ0) is 15.7. The first-order valence-corrected chi connectivity index (χ1v) is 8.43. The zero-order valence-electron chi connectivity index (χ0n) is 12.3. The molecule has 0 radical (unpaired) electrons. The number of halogens is 1. The number of hydrogen-bond acceptors (Lipinski definition) is 5. The van der Waals surface area contributed by atoms with E-state index in [1.165, 1.54) is 16.3 Å². The van der Waals surface area contributed by atoms with Crippen LogP contribution in [0, 0.1) is 0 Å². The number of anilines is 1. The third kappa shape index (κ3) is 2.76. The summed E-state index contributed by atoms with van der Waals surface area (Å²) in [5.41, 5.74) is 2.05. The van der Waals surface area contributed by atoms with Gasteiger partial charge in [0.15, 0.2) is 16.7 Å². The van der Waals surface area contributed by atoms with Gasteiger partial charge in [0.05, 0.1) is 5.71 Å². The van der Waals surface area contributed by atoms with Gasteiger partial charge in [0.2, 0.25) is 0 Å². The van der Waals surface area contributed by atoms with E-state index in [9.17, 15) is 4.79 Å². The topological polar surface area (TPSA) is 59.3 Å². The molecular formula is C15H15ClN4OS. The van der Waals surface area contributed by atoms with E-state index in [1.54, 1.807) is 7.05 Å². The Hall–Kier alpha value is -1.79. The first kappa shape index (κ1) is 15.1. The number of fused-ring (bicyclic) bond motifs is 1. The van der Waals surface area contributed by atoms with Crippen LogP contribution in [-0.2, 0) is 7.05 Å².